The first-order valence-corrected chi connectivity index (χ1v) is 6.90. The van der Waals surface area contributed by atoms with Crippen molar-refractivity contribution in [3.63, 3.8) is 0 Å². The molecule has 0 saturated carbocycles. The Bertz CT molecular complexity index is 703. The number of carbonyl (C=O) groups is 2. The van der Waals surface area contributed by atoms with Crippen molar-refractivity contribution in [1.82, 2.24) is 9.55 Å². The molecule has 1 heterocycles. The number of fused-ring (bicyclic) bond motifs is 1. The van der Waals surface area contributed by atoms with Gasteiger partial charge in [-0.2, -0.15) is 0 Å². The number of aromatic nitrogens is 2. The van der Waals surface area contributed by atoms with Crippen molar-refractivity contribution in [2.24, 2.45) is 11.7 Å². The van der Waals surface area contributed by atoms with Crippen molar-refractivity contribution < 1.29 is 14.7 Å². The Morgan fingerprint density at radius 2 is 2.05 bits per heavy atom. The van der Waals surface area contributed by atoms with E-state index in [2.05, 4.69) is 4.98 Å². The fourth-order valence-electron chi connectivity index (χ4n) is 2.65. The number of para-hydroxylation sites is 1. The summed E-state index contributed by atoms with van der Waals surface area (Å²) >= 11 is 0. The Labute approximate surface area is 122 Å². The summed E-state index contributed by atoms with van der Waals surface area (Å²) in [6, 6.07) is 4.39. The molecule has 0 aliphatic carbocycles. The third kappa shape index (κ3) is 2.49. The first kappa shape index (κ1) is 15.0. The van der Waals surface area contributed by atoms with E-state index in [1.807, 2.05) is 20.8 Å². The lowest BCUT2D eigenvalue weighted by Crippen LogP contribution is -2.31. The third-order valence-corrected chi connectivity index (χ3v) is 3.54. The lowest BCUT2D eigenvalue weighted by atomic mass is 10.0. The predicted octanol–water partition coefficient (Wildman–Crippen LogP) is 1.98. The molecule has 1 aromatic carbocycles. The Hall–Kier alpha value is -2.37. The highest BCUT2D eigenvalue weighted by Crippen LogP contribution is 2.28. The van der Waals surface area contributed by atoms with Crippen molar-refractivity contribution >= 4 is 22.9 Å². The molecule has 112 valence electrons. The van der Waals surface area contributed by atoms with E-state index in [-0.39, 0.29) is 11.5 Å². The number of amides is 1. The van der Waals surface area contributed by atoms with Gasteiger partial charge in [0.05, 0.1) is 11.1 Å². The second kappa shape index (κ2) is 5.55. The van der Waals surface area contributed by atoms with Crippen molar-refractivity contribution in [3.8, 4) is 0 Å². The molecule has 0 spiro atoms. The topological polar surface area (TPSA) is 98.2 Å². The van der Waals surface area contributed by atoms with Crippen LogP contribution in [-0.4, -0.2) is 26.5 Å². The number of nitrogens with two attached hydrogens (primary N) is 1. The van der Waals surface area contributed by atoms with E-state index in [0.29, 0.717) is 23.3 Å². The van der Waals surface area contributed by atoms with Crippen molar-refractivity contribution in [2.75, 3.05) is 0 Å². The van der Waals surface area contributed by atoms with Gasteiger partial charge in [-0.15, -0.1) is 0 Å². The van der Waals surface area contributed by atoms with Gasteiger partial charge in [0.1, 0.15) is 17.4 Å². The maximum absolute atomic E-state index is 11.8. The van der Waals surface area contributed by atoms with Crippen LogP contribution in [0.5, 0.6) is 0 Å². The minimum absolute atomic E-state index is 0.0151. The number of nitrogens with zero attached hydrogens (tertiary/aromatic N) is 2. The van der Waals surface area contributed by atoms with Crippen LogP contribution in [-0.2, 0) is 11.2 Å². The number of carbonyl (C=O) groups excluding carboxylic acids is 1. The Kier molecular flexibility index (Phi) is 3.97. The molecular formula is C15H19N3O3. The van der Waals surface area contributed by atoms with Gasteiger partial charge < -0.3 is 15.4 Å². The first-order valence-electron chi connectivity index (χ1n) is 6.90. The van der Waals surface area contributed by atoms with Crippen LogP contribution >= 0.6 is 0 Å². The Morgan fingerprint density at radius 3 is 2.52 bits per heavy atom. The SMILES string of the molecule is CCc1nc2c(C(=O)O)cccc2n1C(C(N)=O)C(C)C. The van der Waals surface area contributed by atoms with Gasteiger partial charge in [-0.1, -0.05) is 26.8 Å². The summed E-state index contributed by atoms with van der Waals surface area (Å²) in [5, 5.41) is 9.27. The zero-order valence-electron chi connectivity index (χ0n) is 12.3. The highest BCUT2D eigenvalue weighted by molar-refractivity contribution is 6.01. The van der Waals surface area contributed by atoms with E-state index >= 15 is 0 Å². The van der Waals surface area contributed by atoms with E-state index in [0.717, 1.165) is 0 Å². The monoisotopic (exact) mass is 289 g/mol. The van der Waals surface area contributed by atoms with Gasteiger partial charge in [0.25, 0.3) is 0 Å². The van der Waals surface area contributed by atoms with Crippen molar-refractivity contribution in [1.29, 1.82) is 0 Å². The summed E-state index contributed by atoms with van der Waals surface area (Å²) < 4.78 is 1.77. The molecule has 0 radical (unpaired) electrons. The van der Waals surface area contributed by atoms with Crippen LogP contribution in [0.3, 0.4) is 0 Å². The minimum atomic E-state index is -1.03. The maximum atomic E-state index is 11.8. The van der Waals surface area contributed by atoms with Crippen LogP contribution in [0.15, 0.2) is 18.2 Å². The van der Waals surface area contributed by atoms with Gasteiger partial charge in [0.15, 0.2) is 0 Å². The molecule has 0 aliphatic heterocycles. The first-order chi connectivity index (χ1) is 9.88. The molecule has 6 heteroatoms. The average molecular weight is 289 g/mol. The van der Waals surface area contributed by atoms with E-state index in [9.17, 15) is 14.7 Å². The molecule has 1 aromatic heterocycles. The molecule has 0 aliphatic rings. The number of rotatable bonds is 5. The zero-order valence-corrected chi connectivity index (χ0v) is 12.3. The second-order valence-corrected chi connectivity index (χ2v) is 5.32. The molecule has 21 heavy (non-hydrogen) atoms. The molecule has 2 aromatic rings. The van der Waals surface area contributed by atoms with E-state index in [1.165, 1.54) is 6.07 Å². The highest BCUT2D eigenvalue weighted by atomic mass is 16.4. The van der Waals surface area contributed by atoms with Crippen molar-refractivity contribution in [3.05, 3.63) is 29.6 Å². The predicted molar refractivity (Wildman–Crippen MR) is 79.1 cm³/mol. The molecule has 6 nitrogen and oxygen atoms in total. The van der Waals surface area contributed by atoms with Crippen LogP contribution in [0.25, 0.3) is 11.0 Å². The van der Waals surface area contributed by atoms with Crippen LogP contribution in [0.4, 0.5) is 0 Å². The van der Waals surface area contributed by atoms with Crippen LogP contribution in [0, 0.1) is 5.92 Å². The summed E-state index contributed by atoms with van der Waals surface area (Å²) in [4.78, 5) is 27.6. The largest absolute Gasteiger partial charge is 0.478 e. The number of benzene rings is 1. The third-order valence-electron chi connectivity index (χ3n) is 3.54. The van der Waals surface area contributed by atoms with Gasteiger partial charge >= 0.3 is 5.97 Å². The zero-order chi connectivity index (χ0) is 15.7. The number of carboxylic acid groups (broad SMARTS) is 1. The average Bonchev–Trinajstić information content (AvgIpc) is 2.76. The molecule has 2 rings (SSSR count). The fraction of sp³-hybridized carbons (Fsp3) is 0.400. The number of hydrogen-bond donors (Lipinski definition) is 2. The highest BCUT2D eigenvalue weighted by Gasteiger charge is 2.27. The van der Waals surface area contributed by atoms with Gasteiger partial charge in [0, 0.05) is 6.42 Å². The minimum Gasteiger partial charge on any atom is -0.478 e. The van der Waals surface area contributed by atoms with Gasteiger partial charge in [-0.05, 0) is 18.1 Å². The van der Waals surface area contributed by atoms with E-state index in [1.54, 1.807) is 16.7 Å². The van der Waals surface area contributed by atoms with E-state index < -0.39 is 17.9 Å². The fourth-order valence-corrected chi connectivity index (χ4v) is 2.65. The molecule has 1 unspecified atom stereocenters. The molecule has 3 N–H and O–H groups in total. The maximum Gasteiger partial charge on any atom is 0.337 e. The summed E-state index contributed by atoms with van der Waals surface area (Å²) in [7, 11) is 0. The molecule has 0 fully saturated rings. The summed E-state index contributed by atoms with van der Waals surface area (Å²) in [5.74, 6) is -0.831. The van der Waals surface area contributed by atoms with Gasteiger partial charge in [-0.3, -0.25) is 4.79 Å². The summed E-state index contributed by atoms with van der Waals surface area (Å²) in [5.41, 5.74) is 6.70. The van der Waals surface area contributed by atoms with Crippen LogP contribution in [0.2, 0.25) is 0 Å². The quantitative estimate of drug-likeness (QED) is 0.879. The summed E-state index contributed by atoms with van der Waals surface area (Å²) in [6.45, 7) is 5.72. The number of aromatic carboxylic acids is 1. The number of primary amides is 1. The van der Waals surface area contributed by atoms with E-state index in [4.69, 9.17) is 5.73 Å². The molecule has 0 bridgehead atoms. The molecular weight excluding hydrogens is 270 g/mol. The lowest BCUT2D eigenvalue weighted by Gasteiger charge is -2.22. The van der Waals surface area contributed by atoms with Gasteiger partial charge in [0.2, 0.25) is 5.91 Å². The number of hydrogen-bond acceptors (Lipinski definition) is 3. The Balaban J connectivity index is 2.81. The standard InChI is InChI=1S/C15H19N3O3/c1-4-11-17-12-9(15(20)21)6-5-7-10(12)18(11)13(8(2)3)14(16)19/h5-8,13H,4H2,1-3H3,(H2,16,19)(H,20,21). The van der Waals surface area contributed by atoms with Crippen LogP contribution < -0.4 is 5.73 Å². The smallest absolute Gasteiger partial charge is 0.337 e. The normalized spacial score (nSPS) is 12.8. The van der Waals surface area contributed by atoms with Crippen molar-refractivity contribution in [2.45, 2.75) is 33.2 Å². The second-order valence-electron chi connectivity index (χ2n) is 5.32. The number of carboxylic acids is 1. The molecule has 0 saturated heterocycles. The number of imidazole rings is 1. The lowest BCUT2D eigenvalue weighted by molar-refractivity contribution is -0.122. The molecule has 1 atom stereocenters. The van der Waals surface area contributed by atoms with Crippen LogP contribution in [0.1, 0.15) is 43.0 Å². The molecule has 1 amide bonds. The number of aryl methyl sites for hydroxylation is 1. The van der Waals surface area contributed by atoms with Gasteiger partial charge in [-0.25, -0.2) is 9.78 Å². The Morgan fingerprint density at radius 1 is 1.38 bits per heavy atom. The summed E-state index contributed by atoms with van der Waals surface area (Å²) in [6.07, 6.45) is 0.588.